The van der Waals surface area contributed by atoms with Gasteiger partial charge in [0.15, 0.2) is 0 Å². The fourth-order valence-electron chi connectivity index (χ4n) is 2.75. The van der Waals surface area contributed by atoms with Crippen LogP contribution in [0.4, 0.5) is 5.69 Å². The van der Waals surface area contributed by atoms with E-state index in [0.717, 1.165) is 63.9 Å². The highest BCUT2D eigenvalue weighted by atomic mass is 16.5. The van der Waals surface area contributed by atoms with Gasteiger partial charge in [-0.3, -0.25) is 4.90 Å². The number of hydrogen-bond donors (Lipinski definition) is 1. The van der Waals surface area contributed by atoms with Crippen LogP contribution < -0.4 is 10.1 Å². The molecule has 0 unspecified atom stereocenters. The fraction of sp³-hybridized carbons (Fsp3) is 0.684. The third-order valence-corrected chi connectivity index (χ3v) is 4.23. The predicted molar refractivity (Wildman–Crippen MR) is 96.4 cm³/mol. The van der Waals surface area contributed by atoms with Gasteiger partial charge in [0.1, 0.15) is 5.75 Å². The van der Waals surface area contributed by atoms with Crippen LogP contribution >= 0.6 is 0 Å². The zero-order valence-electron chi connectivity index (χ0n) is 14.6. The van der Waals surface area contributed by atoms with Crippen LogP contribution in [0.25, 0.3) is 0 Å². The highest BCUT2D eigenvalue weighted by Gasteiger charge is 2.08. The second kappa shape index (κ2) is 11.3. The molecule has 1 saturated heterocycles. The molecule has 1 heterocycles. The van der Waals surface area contributed by atoms with Gasteiger partial charge >= 0.3 is 0 Å². The fourth-order valence-corrected chi connectivity index (χ4v) is 2.75. The maximum absolute atomic E-state index is 5.79. The first-order valence-electron chi connectivity index (χ1n) is 9.15. The van der Waals surface area contributed by atoms with E-state index in [1.807, 2.05) is 0 Å². The number of hydrogen-bond acceptors (Lipinski definition) is 4. The molecule has 2 rings (SSSR count). The normalized spacial score (nSPS) is 15.5. The number of rotatable bonds is 11. The van der Waals surface area contributed by atoms with Crippen molar-refractivity contribution in [2.75, 3.05) is 51.3 Å². The van der Waals surface area contributed by atoms with Crippen LogP contribution in [-0.4, -0.2) is 50.9 Å². The zero-order chi connectivity index (χ0) is 16.2. The monoisotopic (exact) mass is 320 g/mol. The molecule has 4 nitrogen and oxygen atoms in total. The summed E-state index contributed by atoms with van der Waals surface area (Å²) in [4.78, 5) is 2.44. The van der Waals surface area contributed by atoms with Gasteiger partial charge in [0.25, 0.3) is 0 Å². The smallest absolute Gasteiger partial charge is 0.119 e. The largest absolute Gasteiger partial charge is 0.494 e. The summed E-state index contributed by atoms with van der Waals surface area (Å²) in [5.74, 6) is 0.972. The molecule has 1 aromatic rings. The lowest BCUT2D eigenvalue weighted by molar-refractivity contribution is 0.0398. The molecule has 130 valence electrons. The van der Waals surface area contributed by atoms with Gasteiger partial charge in [-0.2, -0.15) is 0 Å². The van der Waals surface area contributed by atoms with Crippen molar-refractivity contribution < 1.29 is 9.47 Å². The molecule has 0 amide bonds. The van der Waals surface area contributed by atoms with E-state index >= 15 is 0 Å². The highest BCUT2D eigenvalue weighted by Crippen LogP contribution is 2.16. The maximum atomic E-state index is 5.79. The van der Waals surface area contributed by atoms with Gasteiger partial charge in [-0.1, -0.05) is 32.6 Å². The van der Waals surface area contributed by atoms with Crippen LogP contribution in [0.15, 0.2) is 24.3 Å². The van der Waals surface area contributed by atoms with Crippen molar-refractivity contribution >= 4 is 5.69 Å². The minimum Gasteiger partial charge on any atom is -0.494 e. The van der Waals surface area contributed by atoms with E-state index in [9.17, 15) is 0 Å². The highest BCUT2D eigenvalue weighted by molar-refractivity contribution is 5.46. The number of nitrogens with zero attached hydrogens (tertiary/aromatic N) is 1. The Morgan fingerprint density at radius 2 is 1.78 bits per heavy atom. The number of nitrogens with one attached hydrogen (secondary N) is 1. The molecule has 1 aliphatic rings. The quantitative estimate of drug-likeness (QED) is 0.629. The molecule has 0 saturated carbocycles. The summed E-state index contributed by atoms with van der Waals surface area (Å²) in [6.07, 6.45) is 6.38. The summed E-state index contributed by atoms with van der Waals surface area (Å²) >= 11 is 0. The van der Waals surface area contributed by atoms with Crippen molar-refractivity contribution in [1.29, 1.82) is 0 Å². The zero-order valence-corrected chi connectivity index (χ0v) is 14.6. The van der Waals surface area contributed by atoms with E-state index < -0.39 is 0 Å². The van der Waals surface area contributed by atoms with Gasteiger partial charge in [-0.25, -0.2) is 0 Å². The minimum atomic E-state index is 0.827. The van der Waals surface area contributed by atoms with E-state index in [4.69, 9.17) is 9.47 Å². The van der Waals surface area contributed by atoms with Crippen molar-refractivity contribution in [1.82, 2.24) is 4.90 Å². The molecule has 1 N–H and O–H groups in total. The van der Waals surface area contributed by atoms with Crippen LogP contribution in [0.2, 0.25) is 0 Å². The first-order chi connectivity index (χ1) is 11.4. The van der Waals surface area contributed by atoms with Crippen LogP contribution in [0.5, 0.6) is 5.75 Å². The summed E-state index contributed by atoms with van der Waals surface area (Å²) in [7, 11) is 0. The van der Waals surface area contributed by atoms with E-state index in [0.29, 0.717) is 0 Å². The first kappa shape index (κ1) is 18.1. The molecule has 0 bridgehead atoms. The minimum absolute atomic E-state index is 0.827. The van der Waals surface area contributed by atoms with Crippen molar-refractivity contribution in [2.45, 2.75) is 39.0 Å². The topological polar surface area (TPSA) is 33.7 Å². The van der Waals surface area contributed by atoms with Gasteiger partial charge in [0.05, 0.1) is 19.8 Å². The number of anilines is 1. The second-order valence-electron chi connectivity index (χ2n) is 6.17. The average molecular weight is 320 g/mol. The number of ether oxygens (including phenoxy) is 2. The van der Waals surface area contributed by atoms with Crippen LogP contribution in [0.1, 0.15) is 39.0 Å². The summed E-state index contributed by atoms with van der Waals surface area (Å²) in [6.45, 7) is 8.94. The molecular formula is C19H32N2O2. The molecule has 0 aliphatic carbocycles. The van der Waals surface area contributed by atoms with E-state index in [1.54, 1.807) is 0 Å². The van der Waals surface area contributed by atoms with Gasteiger partial charge in [-0.15, -0.1) is 0 Å². The van der Waals surface area contributed by atoms with E-state index in [-0.39, 0.29) is 0 Å². The lowest BCUT2D eigenvalue weighted by atomic mass is 10.2. The van der Waals surface area contributed by atoms with Gasteiger partial charge < -0.3 is 14.8 Å². The summed E-state index contributed by atoms with van der Waals surface area (Å²) in [6, 6.07) is 8.32. The molecule has 0 spiro atoms. The number of morpholine rings is 1. The third kappa shape index (κ3) is 7.71. The second-order valence-corrected chi connectivity index (χ2v) is 6.17. The predicted octanol–water partition coefficient (Wildman–Crippen LogP) is 3.78. The molecule has 1 fully saturated rings. The SMILES string of the molecule is CCCCCCCOc1ccc(NCCN2CCOCC2)cc1. The Bertz CT molecular complexity index is 402. The Morgan fingerprint density at radius 3 is 2.52 bits per heavy atom. The third-order valence-electron chi connectivity index (χ3n) is 4.23. The van der Waals surface area contributed by atoms with E-state index in [1.165, 1.54) is 25.7 Å². The molecule has 1 aliphatic heterocycles. The Kier molecular flexibility index (Phi) is 8.89. The molecule has 4 heteroatoms. The Balaban J connectivity index is 1.56. The van der Waals surface area contributed by atoms with Gasteiger partial charge in [0.2, 0.25) is 0 Å². The van der Waals surface area contributed by atoms with Gasteiger partial charge in [0, 0.05) is 31.9 Å². The summed E-state index contributed by atoms with van der Waals surface area (Å²) < 4.78 is 11.2. The Hall–Kier alpha value is -1.26. The molecule has 0 radical (unpaired) electrons. The molecule has 1 aromatic carbocycles. The summed E-state index contributed by atoms with van der Waals surface area (Å²) in [5.41, 5.74) is 1.16. The first-order valence-corrected chi connectivity index (χ1v) is 9.15. The number of benzene rings is 1. The average Bonchev–Trinajstić information content (AvgIpc) is 2.60. The van der Waals surface area contributed by atoms with Crippen LogP contribution in [-0.2, 0) is 4.74 Å². The Labute approximate surface area is 141 Å². The molecule has 0 aromatic heterocycles. The van der Waals surface area contributed by atoms with Crippen molar-refractivity contribution in [3.63, 3.8) is 0 Å². The van der Waals surface area contributed by atoms with Crippen molar-refractivity contribution in [3.8, 4) is 5.75 Å². The van der Waals surface area contributed by atoms with Crippen molar-refractivity contribution in [3.05, 3.63) is 24.3 Å². The summed E-state index contributed by atoms with van der Waals surface area (Å²) in [5, 5.41) is 3.47. The molecule has 0 atom stereocenters. The Morgan fingerprint density at radius 1 is 1.04 bits per heavy atom. The van der Waals surface area contributed by atoms with Gasteiger partial charge in [-0.05, 0) is 30.7 Å². The number of unbranched alkanes of at least 4 members (excludes halogenated alkanes) is 4. The maximum Gasteiger partial charge on any atom is 0.119 e. The lowest BCUT2D eigenvalue weighted by Crippen LogP contribution is -2.38. The molecular weight excluding hydrogens is 288 g/mol. The van der Waals surface area contributed by atoms with E-state index in [2.05, 4.69) is 41.4 Å². The standard InChI is InChI=1S/C19H32N2O2/c1-2-3-4-5-6-15-23-19-9-7-18(8-10-19)20-11-12-21-13-16-22-17-14-21/h7-10,20H,2-6,11-17H2,1H3. The van der Waals surface area contributed by atoms with Crippen molar-refractivity contribution in [2.24, 2.45) is 0 Å². The molecule has 23 heavy (non-hydrogen) atoms. The lowest BCUT2D eigenvalue weighted by Gasteiger charge is -2.26. The van der Waals surface area contributed by atoms with Crippen LogP contribution in [0, 0.1) is 0 Å². The van der Waals surface area contributed by atoms with Crippen LogP contribution in [0.3, 0.4) is 0 Å².